The predicted octanol–water partition coefficient (Wildman–Crippen LogP) is 1.82. The molecule has 0 aromatic heterocycles. The zero-order chi connectivity index (χ0) is 9.14. The fraction of sp³-hybridized carbons (Fsp3) is 0.333. The Bertz CT molecular complexity index is 273. The fourth-order valence-electron chi connectivity index (χ4n) is 0.916. The Morgan fingerprint density at radius 1 is 1.50 bits per heavy atom. The average molecular weight is 169 g/mol. The van der Waals surface area contributed by atoms with E-state index < -0.39 is 6.23 Å². The molecule has 1 rings (SSSR count). The van der Waals surface area contributed by atoms with E-state index in [4.69, 9.17) is 10.5 Å². The van der Waals surface area contributed by atoms with Gasteiger partial charge in [0.2, 0.25) is 0 Å². The molecule has 0 aliphatic heterocycles. The molecule has 0 aliphatic rings. The molecule has 0 heterocycles. The summed E-state index contributed by atoms with van der Waals surface area (Å²) in [6.45, 7) is 3.36. The second-order valence-corrected chi connectivity index (χ2v) is 2.69. The standard InChI is InChI=1S/C9H12FNO/c1-6-8(10)4-3-5-9(6)12-7(2)11/h3-5,7H,11H2,1-2H3. The summed E-state index contributed by atoms with van der Waals surface area (Å²) >= 11 is 0. The van der Waals surface area contributed by atoms with Crippen molar-refractivity contribution in [2.24, 2.45) is 5.73 Å². The van der Waals surface area contributed by atoms with E-state index in [1.807, 2.05) is 0 Å². The topological polar surface area (TPSA) is 35.2 Å². The van der Waals surface area contributed by atoms with Crippen LogP contribution in [0.2, 0.25) is 0 Å². The van der Waals surface area contributed by atoms with Gasteiger partial charge >= 0.3 is 0 Å². The van der Waals surface area contributed by atoms with Crippen LogP contribution in [0.1, 0.15) is 12.5 Å². The van der Waals surface area contributed by atoms with Gasteiger partial charge in [-0.25, -0.2) is 4.39 Å². The zero-order valence-electron chi connectivity index (χ0n) is 7.17. The molecule has 0 fully saturated rings. The van der Waals surface area contributed by atoms with E-state index in [1.165, 1.54) is 6.07 Å². The van der Waals surface area contributed by atoms with Crippen molar-refractivity contribution in [3.05, 3.63) is 29.6 Å². The minimum atomic E-state index is -0.412. The van der Waals surface area contributed by atoms with Gasteiger partial charge in [0.1, 0.15) is 17.8 Å². The number of benzene rings is 1. The first-order chi connectivity index (χ1) is 5.61. The molecule has 2 nitrogen and oxygen atoms in total. The van der Waals surface area contributed by atoms with Crippen molar-refractivity contribution in [1.29, 1.82) is 0 Å². The number of nitrogens with two attached hydrogens (primary N) is 1. The van der Waals surface area contributed by atoms with Crippen LogP contribution in [0.5, 0.6) is 5.75 Å². The second kappa shape index (κ2) is 3.54. The smallest absolute Gasteiger partial charge is 0.144 e. The second-order valence-electron chi connectivity index (χ2n) is 2.69. The molecule has 1 aromatic carbocycles. The highest BCUT2D eigenvalue weighted by molar-refractivity contribution is 5.33. The highest BCUT2D eigenvalue weighted by atomic mass is 19.1. The van der Waals surface area contributed by atoms with Crippen molar-refractivity contribution in [1.82, 2.24) is 0 Å². The van der Waals surface area contributed by atoms with E-state index in [0.717, 1.165) is 0 Å². The van der Waals surface area contributed by atoms with E-state index in [9.17, 15) is 4.39 Å². The molecular formula is C9H12FNO. The first kappa shape index (κ1) is 9.00. The maximum atomic E-state index is 12.9. The van der Waals surface area contributed by atoms with Crippen molar-refractivity contribution < 1.29 is 9.13 Å². The zero-order valence-corrected chi connectivity index (χ0v) is 7.17. The largest absolute Gasteiger partial charge is 0.475 e. The lowest BCUT2D eigenvalue weighted by atomic mass is 10.2. The molecule has 0 saturated carbocycles. The van der Waals surface area contributed by atoms with E-state index in [0.29, 0.717) is 11.3 Å². The van der Waals surface area contributed by atoms with Crippen LogP contribution in [-0.4, -0.2) is 6.23 Å². The summed E-state index contributed by atoms with van der Waals surface area (Å²) in [5.74, 6) is 0.234. The summed E-state index contributed by atoms with van der Waals surface area (Å²) in [4.78, 5) is 0. The Morgan fingerprint density at radius 3 is 2.75 bits per heavy atom. The van der Waals surface area contributed by atoms with Crippen LogP contribution >= 0.6 is 0 Å². The van der Waals surface area contributed by atoms with Crippen molar-refractivity contribution in [2.75, 3.05) is 0 Å². The van der Waals surface area contributed by atoms with Crippen molar-refractivity contribution in [2.45, 2.75) is 20.1 Å². The lowest BCUT2D eigenvalue weighted by molar-refractivity contribution is 0.227. The quantitative estimate of drug-likeness (QED) is 0.685. The van der Waals surface area contributed by atoms with Crippen molar-refractivity contribution >= 4 is 0 Å². The summed E-state index contributed by atoms with van der Waals surface area (Å²) in [5, 5.41) is 0. The molecule has 1 atom stereocenters. The minimum absolute atomic E-state index is 0.270. The molecule has 2 N–H and O–H groups in total. The van der Waals surface area contributed by atoms with Gasteiger partial charge in [-0.2, -0.15) is 0 Å². The molecule has 66 valence electrons. The predicted molar refractivity (Wildman–Crippen MR) is 45.4 cm³/mol. The molecule has 0 bridgehead atoms. The van der Waals surface area contributed by atoms with Crippen LogP contribution in [0.4, 0.5) is 4.39 Å². The highest BCUT2D eigenvalue weighted by Gasteiger charge is 2.05. The molecule has 1 unspecified atom stereocenters. The molecule has 12 heavy (non-hydrogen) atoms. The monoisotopic (exact) mass is 169 g/mol. The number of rotatable bonds is 2. The van der Waals surface area contributed by atoms with Crippen molar-refractivity contribution in [3.8, 4) is 5.75 Å². The van der Waals surface area contributed by atoms with Gasteiger partial charge in [-0.1, -0.05) is 6.07 Å². The maximum Gasteiger partial charge on any atom is 0.144 e. The molecule has 0 spiro atoms. The third-order valence-corrected chi connectivity index (χ3v) is 1.53. The Labute approximate surface area is 71.1 Å². The molecule has 0 amide bonds. The lowest BCUT2D eigenvalue weighted by Crippen LogP contribution is -2.22. The van der Waals surface area contributed by atoms with Crippen LogP contribution in [0.15, 0.2) is 18.2 Å². The van der Waals surface area contributed by atoms with Crippen LogP contribution in [0.3, 0.4) is 0 Å². The summed E-state index contributed by atoms with van der Waals surface area (Å²) < 4.78 is 18.1. The summed E-state index contributed by atoms with van der Waals surface area (Å²) in [5.41, 5.74) is 5.89. The van der Waals surface area contributed by atoms with Gasteiger partial charge < -0.3 is 4.74 Å². The summed E-state index contributed by atoms with van der Waals surface area (Å²) in [7, 11) is 0. The Hall–Kier alpha value is -1.09. The first-order valence-electron chi connectivity index (χ1n) is 3.78. The molecule has 3 heteroatoms. The SMILES string of the molecule is Cc1c(F)cccc1OC(C)N. The molecule has 0 saturated heterocycles. The van der Waals surface area contributed by atoms with E-state index in [2.05, 4.69) is 0 Å². The van der Waals surface area contributed by atoms with E-state index >= 15 is 0 Å². The molecule has 0 aliphatic carbocycles. The highest BCUT2D eigenvalue weighted by Crippen LogP contribution is 2.20. The van der Waals surface area contributed by atoms with E-state index in [-0.39, 0.29) is 5.82 Å². The third kappa shape index (κ3) is 1.95. The summed E-state index contributed by atoms with van der Waals surface area (Å²) in [6.07, 6.45) is -0.412. The first-order valence-corrected chi connectivity index (χ1v) is 3.78. The van der Waals surface area contributed by atoms with Gasteiger partial charge in [-0.3, -0.25) is 5.73 Å². The van der Waals surface area contributed by atoms with Crippen molar-refractivity contribution in [3.63, 3.8) is 0 Å². The van der Waals surface area contributed by atoms with Crippen LogP contribution in [-0.2, 0) is 0 Å². The molecular weight excluding hydrogens is 157 g/mol. The van der Waals surface area contributed by atoms with Crippen LogP contribution in [0, 0.1) is 12.7 Å². The minimum Gasteiger partial charge on any atom is -0.475 e. The Morgan fingerprint density at radius 2 is 2.17 bits per heavy atom. The molecule has 1 aromatic rings. The maximum absolute atomic E-state index is 12.9. The van der Waals surface area contributed by atoms with Gasteiger partial charge in [0, 0.05) is 5.56 Å². The van der Waals surface area contributed by atoms with Gasteiger partial charge in [-0.15, -0.1) is 0 Å². The fourth-order valence-corrected chi connectivity index (χ4v) is 0.916. The van der Waals surface area contributed by atoms with Crippen LogP contribution < -0.4 is 10.5 Å². The average Bonchev–Trinajstić information content (AvgIpc) is 1.98. The molecule has 0 radical (unpaired) electrons. The normalized spacial score (nSPS) is 12.7. The lowest BCUT2D eigenvalue weighted by Gasteiger charge is -2.11. The number of hydrogen-bond acceptors (Lipinski definition) is 2. The number of hydrogen-bond donors (Lipinski definition) is 1. The van der Waals surface area contributed by atoms with E-state index in [1.54, 1.807) is 26.0 Å². The summed E-state index contributed by atoms with van der Waals surface area (Å²) in [6, 6.07) is 4.69. The Kier molecular flexibility index (Phi) is 2.65. The van der Waals surface area contributed by atoms with Gasteiger partial charge in [0.15, 0.2) is 0 Å². The third-order valence-electron chi connectivity index (χ3n) is 1.53. The number of halogens is 1. The Balaban J connectivity index is 2.92. The number of ether oxygens (including phenoxy) is 1. The van der Waals surface area contributed by atoms with Gasteiger partial charge in [-0.05, 0) is 26.0 Å². The van der Waals surface area contributed by atoms with Gasteiger partial charge in [0.05, 0.1) is 0 Å². The van der Waals surface area contributed by atoms with Crippen LogP contribution in [0.25, 0.3) is 0 Å². The van der Waals surface area contributed by atoms with Gasteiger partial charge in [0.25, 0.3) is 0 Å².